The second-order valence-corrected chi connectivity index (χ2v) is 19.7. The largest absolute Gasteiger partial charge is 0.508 e. The highest BCUT2D eigenvalue weighted by molar-refractivity contribution is 5.92. The maximum atomic E-state index is 10.9. The van der Waals surface area contributed by atoms with Gasteiger partial charge in [-0.25, -0.2) is 19.9 Å². The molecule has 0 spiro atoms. The number of phenols is 1. The predicted octanol–water partition coefficient (Wildman–Crippen LogP) is 14.2. The standard InChI is InChI=1S/C34H29N3O.C20H21NO.C14H10N2O/c1-4-10-25(11-5-1)33-35-24-30-29-20-21-34(26-12-6-2-7-13-26,38-32(29)19-18-31(30)36-33)27-14-16-28(17-15-27)37-22-8-3-9-23-37;1-2-20(22,17-9-5-3-6-10-17)18-11-13-19(14-12-18)21-15-7-4-8-16-21;17-12-6-7-13-11(8-12)9-15-14(16-13)10-4-2-1-3-5-10/h1-2,4-7,10-21,24H,3,8-9,22-23H2;1,3,5-6,9-14,22H,4,7-8,15-16H2;1-9,17H. The predicted molar refractivity (Wildman–Crippen MR) is 312 cm³/mol. The monoisotopic (exact) mass is 1010 g/mol. The molecule has 13 rings (SSSR count). The first kappa shape index (κ1) is 50.1. The number of rotatable bonds is 8. The second-order valence-electron chi connectivity index (χ2n) is 19.7. The van der Waals surface area contributed by atoms with Crippen molar-refractivity contribution in [3.8, 4) is 46.6 Å². The first-order chi connectivity index (χ1) is 37.9. The van der Waals surface area contributed by atoms with Gasteiger partial charge in [-0.15, -0.1) is 6.42 Å². The Kier molecular flexibility index (Phi) is 14.8. The van der Waals surface area contributed by atoms with Gasteiger partial charge in [-0.05, 0) is 105 Å². The molecule has 10 aromatic rings. The molecule has 9 nitrogen and oxygen atoms in total. The molecule has 0 saturated carbocycles. The molecule has 0 radical (unpaired) electrons. The second kappa shape index (κ2) is 22.8. The van der Waals surface area contributed by atoms with Crippen molar-refractivity contribution in [3.05, 3.63) is 246 Å². The van der Waals surface area contributed by atoms with E-state index in [-0.39, 0.29) is 5.75 Å². The Morgan fingerprint density at radius 2 is 1.01 bits per heavy atom. The van der Waals surface area contributed by atoms with Gasteiger partial charge in [0.2, 0.25) is 0 Å². The first-order valence-corrected chi connectivity index (χ1v) is 26.6. The number of aliphatic hydroxyl groups is 1. The summed E-state index contributed by atoms with van der Waals surface area (Å²) in [6.07, 6.45) is 21.3. The summed E-state index contributed by atoms with van der Waals surface area (Å²) >= 11 is 0. The minimum absolute atomic E-state index is 0.230. The van der Waals surface area contributed by atoms with E-state index < -0.39 is 11.2 Å². The summed E-state index contributed by atoms with van der Waals surface area (Å²) in [5, 5.41) is 22.1. The summed E-state index contributed by atoms with van der Waals surface area (Å²) in [7, 11) is 0. The van der Waals surface area contributed by atoms with Crippen LogP contribution in [0.15, 0.2) is 219 Å². The molecule has 0 bridgehead atoms. The van der Waals surface area contributed by atoms with Crippen LogP contribution in [0.5, 0.6) is 11.5 Å². The fraction of sp³-hybridized carbons (Fsp3) is 0.176. The average molecular weight is 1010 g/mol. The van der Waals surface area contributed by atoms with Crippen LogP contribution in [0, 0.1) is 12.3 Å². The van der Waals surface area contributed by atoms with E-state index in [2.05, 4.69) is 103 Å². The quantitative estimate of drug-likeness (QED) is 0.144. The van der Waals surface area contributed by atoms with Gasteiger partial charge in [-0.2, -0.15) is 0 Å². The number of benzene rings is 8. The highest BCUT2D eigenvalue weighted by Crippen LogP contribution is 2.44. The number of terminal acetylenes is 1. The highest BCUT2D eigenvalue weighted by atomic mass is 16.5. The molecule has 3 aliphatic heterocycles. The Morgan fingerprint density at radius 1 is 0.519 bits per heavy atom. The Balaban J connectivity index is 0.000000136. The van der Waals surface area contributed by atoms with Gasteiger partial charge in [0.1, 0.15) is 11.5 Å². The molecular weight excluding hydrogens is 949 g/mol. The van der Waals surface area contributed by atoms with E-state index in [0.717, 1.165) is 98.5 Å². The topological polar surface area (TPSA) is 108 Å². The molecule has 0 aliphatic carbocycles. The van der Waals surface area contributed by atoms with Gasteiger partial charge in [-0.3, -0.25) is 0 Å². The number of aromatic nitrogens is 4. The van der Waals surface area contributed by atoms with E-state index in [9.17, 15) is 10.2 Å². The number of aromatic hydroxyl groups is 1. The molecule has 77 heavy (non-hydrogen) atoms. The fourth-order valence-electron chi connectivity index (χ4n) is 10.6. The van der Waals surface area contributed by atoms with E-state index in [1.165, 1.54) is 49.9 Å². The van der Waals surface area contributed by atoms with E-state index in [4.69, 9.17) is 16.1 Å². The SMILES string of the molecule is C#CC(O)(c1ccccc1)c1ccc(N2CCCCC2)cc1.C1=CC(c2ccccc2)(c2ccc(N3CCCCC3)cc2)Oc2ccc3nc(-c4ccccc4)ncc3c21.Oc1ccc2nc(-c3ccccc3)ncc2c1. The van der Waals surface area contributed by atoms with Crippen molar-refractivity contribution < 1.29 is 14.9 Å². The summed E-state index contributed by atoms with van der Waals surface area (Å²) in [6, 6.07) is 65.9. The van der Waals surface area contributed by atoms with Crippen LogP contribution in [-0.2, 0) is 11.2 Å². The van der Waals surface area contributed by atoms with Crippen LogP contribution >= 0.6 is 0 Å². The number of hydrogen-bond acceptors (Lipinski definition) is 9. The Bertz CT molecular complexity index is 3660. The van der Waals surface area contributed by atoms with Crippen LogP contribution in [0.2, 0.25) is 0 Å². The third-order valence-electron chi connectivity index (χ3n) is 14.8. The summed E-state index contributed by atoms with van der Waals surface area (Å²) in [5.74, 6) is 5.04. The lowest BCUT2D eigenvalue weighted by Crippen LogP contribution is -2.34. The van der Waals surface area contributed by atoms with Crippen LogP contribution in [0.3, 0.4) is 0 Å². The molecule has 3 aliphatic rings. The van der Waals surface area contributed by atoms with E-state index in [1.54, 1.807) is 24.4 Å². The van der Waals surface area contributed by atoms with E-state index in [1.807, 2.05) is 128 Å². The van der Waals surface area contributed by atoms with Crippen molar-refractivity contribution in [3.63, 3.8) is 0 Å². The van der Waals surface area contributed by atoms with E-state index in [0.29, 0.717) is 5.82 Å². The number of phenolic OH excluding ortho intramolecular Hbond substituents is 1. The van der Waals surface area contributed by atoms with E-state index >= 15 is 0 Å². The minimum atomic E-state index is -1.37. The van der Waals surface area contributed by atoms with Crippen molar-refractivity contribution in [2.24, 2.45) is 0 Å². The Hall–Kier alpha value is -9.10. The Morgan fingerprint density at radius 3 is 1.60 bits per heavy atom. The highest BCUT2D eigenvalue weighted by Gasteiger charge is 2.38. The fourth-order valence-corrected chi connectivity index (χ4v) is 10.6. The number of nitrogens with zero attached hydrogens (tertiary/aromatic N) is 6. The number of piperidine rings is 2. The van der Waals surface area contributed by atoms with Crippen LogP contribution in [-0.4, -0.2) is 56.3 Å². The molecular formula is C68H60N6O3. The lowest BCUT2D eigenvalue weighted by molar-refractivity contribution is 0.145. The van der Waals surface area contributed by atoms with Crippen LogP contribution in [0.1, 0.15) is 66.3 Å². The zero-order valence-corrected chi connectivity index (χ0v) is 43.0. The molecule has 380 valence electrons. The van der Waals surface area contributed by atoms with Gasteiger partial charge in [0.05, 0.1) is 11.0 Å². The molecule has 2 unspecified atom stereocenters. The van der Waals surface area contributed by atoms with Gasteiger partial charge in [0.25, 0.3) is 0 Å². The van der Waals surface area contributed by atoms with Gasteiger partial charge in [-0.1, -0.05) is 152 Å². The first-order valence-electron chi connectivity index (χ1n) is 26.6. The molecule has 2 aromatic heterocycles. The summed E-state index contributed by atoms with van der Waals surface area (Å²) in [5.41, 5.74) is 8.83. The molecule has 0 amide bonds. The van der Waals surface area contributed by atoms with Crippen molar-refractivity contribution in [1.82, 2.24) is 19.9 Å². The normalized spacial score (nSPS) is 16.6. The summed E-state index contributed by atoms with van der Waals surface area (Å²) in [6.45, 7) is 4.48. The van der Waals surface area contributed by atoms with Crippen LogP contribution < -0.4 is 14.5 Å². The lowest BCUT2D eigenvalue weighted by atomic mass is 9.83. The van der Waals surface area contributed by atoms with Crippen molar-refractivity contribution >= 4 is 39.3 Å². The molecule has 8 aromatic carbocycles. The molecule has 9 heteroatoms. The van der Waals surface area contributed by atoms with Crippen LogP contribution in [0.25, 0.3) is 50.7 Å². The maximum Gasteiger partial charge on any atom is 0.178 e. The zero-order chi connectivity index (χ0) is 52.4. The van der Waals surface area contributed by atoms with Crippen molar-refractivity contribution in [1.29, 1.82) is 0 Å². The van der Waals surface area contributed by atoms with Gasteiger partial charge in [0, 0.05) is 99.7 Å². The molecule has 2 atom stereocenters. The summed E-state index contributed by atoms with van der Waals surface area (Å²) in [4.78, 5) is 23.2. The molecule has 2 N–H and O–H groups in total. The zero-order valence-electron chi connectivity index (χ0n) is 43.0. The smallest absolute Gasteiger partial charge is 0.178 e. The van der Waals surface area contributed by atoms with Crippen molar-refractivity contribution in [2.75, 3.05) is 36.0 Å². The maximum absolute atomic E-state index is 10.9. The third-order valence-corrected chi connectivity index (χ3v) is 14.8. The number of anilines is 2. The number of ether oxygens (including phenoxy) is 1. The van der Waals surface area contributed by atoms with Crippen molar-refractivity contribution in [2.45, 2.75) is 49.7 Å². The summed E-state index contributed by atoms with van der Waals surface area (Å²) < 4.78 is 6.94. The molecule has 5 heterocycles. The van der Waals surface area contributed by atoms with Gasteiger partial charge in [0.15, 0.2) is 22.9 Å². The van der Waals surface area contributed by atoms with Crippen LogP contribution in [0.4, 0.5) is 11.4 Å². The minimum Gasteiger partial charge on any atom is -0.508 e. The third kappa shape index (κ3) is 10.9. The average Bonchev–Trinajstić information content (AvgIpc) is 3.55. The van der Waals surface area contributed by atoms with Gasteiger partial charge < -0.3 is 24.7 Å². The lowest BCUT2D eigenvalue weighted by Gasteiger charge is -2.37. The Labute approximate surface area is 450 Å². The molecule has 2 fully saturated rings. The number of fused-ring (bicyclic) bond motifs is 4. The molecule has 2 saturated heterocycles. The van der Waals surface area contributed by atoms with Gasteiger partial charge >= 0.3 is 0 Å². The number of hydrogen-bond donors (Lipinski definition) is 2.